The monoisotopic (exact) mass is 400 g/mol. The zero-order valence-electron chi connectivity index (χ0n) is 16.2. The summed E-state index contributed by atoms with van der Waals surface area (Å²) in [5.74, 6) is 0.00220. The minimum Gasteiger partial charge on any atom is -0.356 e. The molecule has 4 aromatic rings. The third kappa shape index (κ3) is 3.12. The maximum absolute atomic E-state index is 13.5. The van der Waals surface area contributed by atoms with E-state index in [2.05, 4.69) is 54.4 Å². The van der Waals surface area contributed by atoms with Crippen LogP contribution in [0.3, 0.4) is 0 Å². The third-order valence-electron chi connectivity index (χ3n) is 5.76. The van der Waals surface area contributed by atoms with Crippen LogP contribution in [0.2, 0.25) is 5.02 Å². The summed E-state index contributed by atoms with van der Waals surface area (Å²) < 4.78 is 0. The van der Waals surface area contributed by atoms with E-state index in [0.29, 0.717) is 17.1 Å². The van der Waals surface area contributed by atoms with Gasteiger partial charge in [0.25, 0.3) is 5.91 Å². The van der Waals surface area contributed by atoms with Crippen LogP contribution in [0.25, 0.3) is 10.9 Å². The fraction of sp³-hybridized carbons (Fsp3) is 0.160. The summed E-state index contributed by atoms with van der Waals surface area (Å²) >= 11 is 6.16. The summed E-state index contributed by atoms with van der Waals surface area (Å²) in [6.07, 6.45) is 0.827. The number of aromatic amines is 1. The van der Waals surface area contributed by atoms with Gasteiger partial charge in [-0.05, 0) is 48.7 Å². The number of halogens is 1. The summed E-state index contributed by atoms with van der Waals surface area (Å²) in [5, 5.41) is 1.82. The largest absolute Gasteiger partial charge is 0.356 e. The van der Waals surface area contributed by atoms with E-state index in [-0.39, 0.29) is 11.9 Å². The average molecular weight is 401 g/mol. The number of para-hydroxylation sites is 1. The van der Waals surface area contributed by atoms with Crippen LogP contribution in [0.5, 0.6) is 0 Å². The fourth-order valence-electron chi connectivity index (χ4n) is 4.34. The van der Waals surface area contributed by atoms with E-state index in [4.69, 9.17) is 11.6 Å². The number of rotatable bonds is 2. The molecule has 1 aliphatic rings. The quantitative estimate of drug-likeness (QED) is 0.445. The lowest BCUT2D eigenvalue weighted by molar-refractivity contribution is 0.0692. The van der Waals surface area contributed by atoms with Gasteiger partial charge in [-0.15, -0.1) is 0 Å². The Balaban J connectivity index is 1.66. The SMILES string of the molecule is Cc1ccc(C2c3[nH]c4ccccc4c3CCN2C(=O)c2cccc(Cl)c2)cc1. The maximum Gasteiger partial charge on any atom is 0.254 e. The number of nitrogens with one attached hydrogen (secondary N) is 1. The molecule has 1 aliphatic heterocycles. The van der Waals surface area contributed by atoms with Gasteiger partial charge in [0.05, 0.1) is 6.04 Å². The van der Waals surface area contributed by atoms with Crippen LogP contribution in [-0.4, -0.2) is 22.3 Å². The van der Waals surface area contributed by atoms with Crippen molar-refractivity contribution in [3.63, 3.8) is 0 Å². The van der Waals surface area contributed by atoms with E-state index in [1.807, 2.05) is 23.1 Å². The lowest BCUT2D eigenvalue weighted by atomic mass is 9.91. The molecule has 3 nitrogen and oxygen atoms in total. The second-order valence-corrected chi connectivity index (χ2v) is 8.07. The highest BCUT2D eigenvalue weighted by molar-refractivity contribution is 6.31. The molecule has 0 fully saturated rings. The first-order valence-electron chi connectivity index (χ1n) is 9.84. The van der Waals surface area contributed by atoms with E-state index in [9.17, 15) is 4.79 Å². The molecule has 3 aromatic carbocycles. The number of H-pyrrole nitrogens is 1. The minimum absolute atomic E-state index is 0.00220. The number of hydrogen-bond acceptors (Lipinski definition) is 1. The van der Waals surface area contributed by atoms with Gasteiger partial charge in [-0.25, -0.2) is 0 Å². The van der Waals surface area contributed by atoms with E-state index in [0.717, 1.165) is 23.2 Å². The number of aryl methyl sites for hydroxylation is 1. The average Bonchev–Trinajstić information content (AvgIpc) is 3.12. The van der Waals surface area contributed by atoms with Gasteiger partial charge in [-0.3, -0.25) is 4.79 Å². The van der Waals surface area contributed by atoms with E-state index in [1.165, 1.54) is 16.5 Å². The highest BCUT2D eigenvalue weighted by Crippen LogP contribution is 2.39. The molecule has 2 heterocycles. The molecule has 1 N–H and O–H groups in total. The van der Waals surface area contributed by atoms with Gasteiger partial charge >= 0.3 is 0 Å². The number of nitrogens with zero attached hydrogens (tertiary/aromatic N) is 1. The van der Waals surface area contributed by atoms with Crippen molar-refractivity contribution in [3.05, 3.63) is 106 Å². The second kappa shape index (κ2) is 7.09. The van der Waals surface area contributed by atoms with Crippen molar-refractivity contribution in [1.29, 1.82) is 0 Å². The molecule has 0 saturated heterocycles. The first kappa shape index (κ1) is 18.0. The summed E-state index contributed by atoms with van der Waals surface area (Å²) in [4.78, 5) is 19.1. The Bertz CT molecular complexity index is 1210. The molecule has 0 spiro atoms. The Morgan fingerprint density at radius 3 is 2.62 bits per heavy atom. The lowest BCUT2D eigenvalue weighted by Gasteiger charge is -2.36. The summed E-state index contributed by atoms with van der Waals surface area (Å²) in [7, 11) is 0. The zero-order chi connectivity index (χ0) is 20.0. The minimum atomic E-state index is -0.154. The molecule has 0 aliphatic carbocycles. The Kier molecular flexibility index (Phi) is 4.40. The van der Waals surface area contributed by atoms with Crippen LogP contribution >= 0.6 is 11.6 Å². The van der Waals surface area contributed by atoms with Crippen LogP contribution in [0, 0.1) is 6.92 Å². The molecule has 144 valence electrons. The molecular weight excluding hydrogens is 380 g/mol. The summed E-state index contributed by atoms with van der Waals surface area (Å²) in [6, 6.07) is 23.9. The van der Waals surface area contributed by atoms with E-state index in [1.54, 1.807) is 12.1 Å². The highest BCUT2D eigenvalue weighted by Gasteiger charge is 2.34. The number of carbonyl (C=O) groups excluding carboxylic acids is 1. The highest BCUT2D eigenvalue weighted by atomic mass is 35.5. The Morgan fingerprint density at radius 2 is 1.83 bits per heavy atom. The Morgan fingerprint density at radius 1 is 1.03 bits per heavy atom. The van der Waals surface area contributed by atoms with Crippen LogP contribution in [-0.2, 0) is 6.42 Å². The number of amides is 1. The molecule has 5 rings (SSSR count). The van der Waals surface area contributed by atoms with Crippen LogP contribution < -0.4 is 0 Å². The molecule has 29 heavy (non-hydrogen) atoms. The van der Waals surface area contributed by atoms with Crippen LogP contribution in [0.15, 0.2) is 72.8 Å². The van der Waals surface area contributed by atoms with Gasteiger partial charge in [-0.1, -0.05) is 65.7 Å². The van der Waals surface area contributed by atoms with Crippen molar-refractivity contribution in [1.82, 2.24) is 9.88 Å². The van der Waals surface area contributed by atoms with Crippen molar-refractivity contribution in [3.8, 4) is 0 Å². The Hall–Kier alpha value is -3.04. The molecule has 1 aromatic heterocycles. The number of fused-ring (bicyclic) bond motifs is 3. The normalized spacial score (nSPS) is 16.1. The molecule has 1 atom stereocenters. The van der Waals surface area contributed by atoms with Crippen molar-refractivity contribution in [2.45, 2.75) is 19.4 Å². The predicted octanol–water partition coefficient (Wildman–Crippen LogP) is 5.92. The molecule has 1 amide bonds. The topological polar surface area (TPSA) is 36.1 Å². The summed E-state index contributed by atoms with van der Waals surface area (Å²) in [5.41, 5.74) is 6.46. The van der Waals surface area contributed by atoms with Gasteiger partial charge in [0.1, 0.15) is 0 Å². The van der Waals surface area contributed by atoms with Gasteiger partial charge in [-0.2, -0.15) is 0 Å². The van der Waals surface area contributed by atoms with Crippen molar-refractivity contribution >= 4 is 28.4 Å². The van der Waals surface area contributed by atoms with Gasteiger partial charge in [0, 0.05) is 33.7 Å². The first-order chi connectivity index (χ1) is 14.1. The summed E-state index contributed by atoms with van der Waals surface area (Å²) in [6.45, 7) is 2.74. The maximum atomic E-state index is 13.5. The van der Waals surface area contributed by atoms with Crippen molar-refractivity contribution < 1.29 is 4.79 Å². The third-order valence-corrected chi connectivity index (χ3v) is 6.00. The van der Waals surface area contributed by atoms with E-state index >= 15 is 0 Å². The van der Waals surface area contributed by atoms with Crippen LogP contribution in [0.1, 0.15) is 38.8 Å². The molecule has 0 bridgehead atoms. The number of hydrogen-bond donors (Lipinski definition) is 1. The molecule has 1 unspecified atom stereocenters. The smallest absolute Gasteiger partial charge is 0.254 e. The van der Waals surface area contributed by atoms with Crippen molar-refractivity contribution in [2.24, 2.45) is 0 Å². The van der Waals surface area contributed by atoms with Crippen molar-refractivity contribution in [2.75, 3.05) is 6.54 Å². The zero-order valence-corrected chi connectivity index (χ0v) is 16.9. The lowest BCUT2D eigenvalue weighted by Crippen LogP contribution is -2.40. The number of benzene rings is 3. The molecular formula is C25H21ClN2O. The molecule has 0 radical (unpaired) electrons. The van der Waals surface area contributed by atoms with E-state index < -0.39 is 0 Å². The second-order valence-electron chi connectivity index (χ2n) is 7.63. The van der Waals surface area contributed by atoms with Crippen LogP contribution in [0.4, 0.5) is 0 Å². The van der Waals surface area contributed by atoms with Gasteiger partial charge in [0.15, 0.2) is 0 Å². The Labute approximate surface area is 174 Å². The fourth-order valence-corrected chi connectivity index (χ4v) is 4.53. The van der Waals surface area contributed by atoms with Gasteiger partial charge < -0.3 is 9.88 Å². The number of aromatic nitrogens is 1. The number of carbonyl (C=O) groups is 1. The standard InChI is InChI=1S/C25H21ClN2O/c1-16-9-11-17(12-10-16)24-23-21(20-7-2-3-8-22(20)27-23)13-14-28(24)25(29)18-5-4-6-19(26)15-18/h2-12,15,24,27H,13-14H2,1H3. The molecule has 4 heteroatoms. The van der Waals surface area contributed by atoms with Gasteiger partial charge in [0.2, 0.25) is 0 Å². The first-order valence-corrected chi connectivity index (χ1v) is 10.2. The predicted molar refractivity (Wildman–Crippen MR) is 118 cm³/mol. The molecule has 0 saturated carbocycles.